The lowest BCUT2D eigenvalue weighted by Crippen LogP contribution is -2.03. The van der Waals surface area contributed by atoms with Gasteiger partial charge in [-0.05, 0) is 36.8 Å². The molecule has 4 aromatic rings. The van der Waals surface area contributed by atoms with Gasteiger partial charge in [-0.1, -0.05) is 29.8 Å². The number of hydrogen-bond acceptors (Lipinski definition) is 5. The highest BCUT2D eigenvalue weighted by molar-refractivity contribution is 6.34. The summed E-state index contributed by atoms with van der Waals surface area (Å²) >= 11 is 6.44. The molecule has 31 heavy (non-hydrogen) atoms. The Morgan fingerprint density at radius 1 is 1.00 bits per heavy atom. The highest BCUT2D eigenvalue weighted by Gasteiger charge is 2.37. The standard InChI is InChI=1S/C24H18ClNO5/c1-30-10-4-9-26-18-8-7-13(27)11-16(18)20-19(26)12-15(14-5-2-3-6-17(14)25)21-22(20)24(29)31-23(21)28/h2-3,5-8,11-12,27H,4,9-10H2,1H3. The normalized spacial score (nSPS) is 13.2. The zero-order valence-corrected chi connectivity index (χ0v) is 17.4. The number of carbonyl (C=O) groups excluding carboxylic acids is 2. The number of benzene rings is 3. The van der Waals surface area contributed by atoms with E-state index >= 15 is 0 Å². The van der Waals surface area contributed by atoms with E-state index in [1.165, 1.54) is 0 Å². The molecular weight excluding hydrogens is 418 g/mol. The van der Waals surface area contributed by atoms with Crippen LogP contribution in [0.1, 0.15) is 27.1 Å². The summed E-state index contributed by atoms with van der Waals surface area (Å²) in [5.74, 6) is -1.32. The molecular formula is C24H18ClNO5. The summed E-state index contributed by atoms with van der Waals surface area (Å²) in [6.07, 6.45) is 0.748. The predicted octanol–water partition coefficient (Wildman–Crippen LogP) is 5.17. The second-order valence-electron chi connectivity index (χ2n) is 7.42. The molecule has 0 bridgehead atoms. The van der Waals surface area contributed by atoms with Crippen molar-refractivity contribution in [2.45, 2.75) is 13.0 Å². The molecule has 0 amide bonds. The molecule has 1 aliphatic heterocycles. The molecule has 6 nitrogen and oxygen atoms in total. The molecule has 0 spiro atoms. The van der Waals surface area contributed by atoms with Crippen LogP contribution in [0.5, 0.6) is 5.75 Å². The van der Waals surface area contributed by atoms with Gasteiger partial charge in [-0.2, -0.15) is 0 Å². The van der Waals surface area contributed by atoms with Gasteiger partial charge in [-0.3, -0.25) is 0 Å². The van der Waals surface area contributed by atoms with Crippen molar-refractivity contribution in [3.05, 3.63) is 64.7 Å². The average Bonchev–Trinajstić information content (AvgIpc) is 3.21. The lowest BCUT2D eigenvalue weighted by atomic mass is 9.93. The summed E-state index contributed by atoms with van der Waals surface area (Å²) in [7, 11) is 1.65. The number of aryl methyl sites for hydroxylation is 1. The molecule has 5 rings (SSSR count). The number of aromatic hydroxyl groups is 1. The zero-order chi connectivity index (χ0) is 21.7. The van der Waals surface area contributed by atoms with Crippen molar-refractivity contribution >= 4 is 45.3 Å². The summed E-state index contributed by atoms with van der Waals surface area (Å²) in [6.45, 7) is 1.20. The van der Waals surface area contributed by atoms with E-state index in [1.807, 2.05) is 18.2 Å². The van der Waals surface area contributed by atoms with Crippen LogP contribution in [0.2, 0.25) is 5.02 Å². The summed E-state index contributed by atoms with van der Waals surface area (Å²) in [4.78, 5) is 25.5. The van der Waals surface area contributed by atoms with Gasteiger partial charge in [0.15, 0.2) is 0 Å². The summed E-state index contributed by atoms with van der Waals surface area (Å²) in [5, 5.41) is 11.9. The van der Waals surface area contributed by atoms with Crippen LogP contribution in [0.4, 0.5) is 0 Å². The number of carbonyl (C=O) groups is 2. The van der Waals surface area contributed by atoms with E-state index in [0.717, 1.165) is 17.5 Å². The minimum absolute atomic E-state index is 0.0741. The number of cyclic esters (lactones) is 2. The van der Waals surface area contributed by atoms with Gasteiger partial charge >= 0.3 is 11.9 Å². The Labute approximate surface area is 182 Å². The molecule has 0 saturated heterocycles. The van der Waals surface area contributed by atoms with Crippen LogP contribution < -0.4 is 0 Å². The Morgan fingerprint density at radius 2 is 1.77 bits per heavy atom. The number of phenolic OH excluding ortho intramolecular Hbond substituents is 1. The van der Waals surface area contributed by atoms with E-state index in [0.29, 0.717) is 40.1 Å². The predicted molar refractivity (Wildman–Crippen MR) is 118 cm³/mol. The molecule has 1 aromatic heterocycles. The topological polar surface area (TPSA) is 77.8 Å². The average molecular weight is 436 g/mol. The Balaban J connectivity index is 1.93. The first-order chi connectivity index (χ1) is 15.0. The molecule has 3 aromatic carbocycles. The number of esters is 2. The quantitative estimate of drug-likeness (QED) is 0.266. The van der Waals surface area contributed by atoms with Crippen molar-refractivity contribution in [1.82, 2.24) is 4.57 Å². The third kappa shape index (κ3) is 2.99. The molecule has 1 N–H and O–H groups in total. The van der Waals surface area contributed by atoms with Crippen LogP contribution in [0.15, 0.2) is 48.5 Å². The zero-order valence-electron chi connectivity index (χ0n) is 16.6. The maximum Gasteiger partial charge on any atom is 0.347 e. The molecule has 7 heteroatoms. The fraction of sp³-hybridized carbons (Fsp3) is 0.167. The van der Waals surface area contributed by atoms with Crippen molar-refractivity contribution in [3.8, 4) is 16.9 Å². The molecule has 156 valence electrons. The number of fused-ring (bicyclic) bond motifs is 5. The van der Waals surface area contributed by atoms with E-state index in [4.69, 9.17) is 21.1 Å². The Hall–Kier alpha value is -3.35. The van der Waals surface area contributed by atoms with Crippen LogP contribution in [0, 0.1) is 0 Å². The van der Waals surface area contributed by atoms with Gasteiger partial charge in [0.25, 0.3) is 0 Å². The van der Waals surface area contributed by atoms with Crippen molar-refractivity contribution in [2.24, 2.45) is 0 Å². The van der Waals surface area contributed by atoms with Crippen LogP contribution in [0.25, 0.3) is 32.9 Å². The first kappa shape index (κ1) is 19.6. The first-order valence-electron chi connectivity index (χ1n) is 9.83. The van der Waals surface area contributed by atoms with Gasteiger partial charge < -0.3 is 19.1 Å². The summed E-state index contributed by atoms with van der Waals surface area (Å²) < 4.78 is 12.3. The summed E-state index contributed by atoms with van der Waals surface area (Å²) in [5.41, 5.74) is 3.20. The second-order valence-corrected chi connectivity index (χ2v) is 7.83. The van der Waals surface area contributed by atoms with Crippen molar-refractivity contribution in [3.63, 3.8) is 0 Å². The maximum absolute atomic E-state index is 12.8. The molecule has 0 saturated carbocycles. The lowest BCUT2D eigenvalue weighted by molar-refractivity contribution is 0.0445. The molecule has 2 heterocycles. The number of aromatic nitrogens is 1. The molecule has 0 unspecified atom stereocenters. The minimum Gasteiger partial charge on any atom is -0.508 e. The number of nitrogens with zero attached hydrogens (tertiary/aromatic N) is 1. The highest BCUT2D eigenvalue weighted by Crippen LogP contribution is 2.43. The van der Waals surface area contributed by atoms with Gasteiger partial charge in [0.05, 0.1) is 16.6 Å². The number of ether oxygens (including phenoxy) is 2. The van der Waals surface area contributed by atoms with Crippen molar-refractivity contribution in [2.75, 3.05) is 13.7 Å². The van der Waals surface area contributed by atoms with Gasteiger partial charge in [-0.25, -0.2) is 9.59 Å². The van der Waals surface area contributed by atoms with Gasteiger partial charge in [-0.15, -0.1) is 0 Å². The van der Waals surface area contributed by atoms with E-state index in [2.05, 4.69) is 4.57 Å². The SMILES string of the molecule is COCCCn1c2ccc(O)cc2c2c3c(c(-c4ccccc4Cl)cc21)C(=O)OC3=O. The van der Waals surface area contributed by atoms with Gasteiger partial charge in [0.2, 0.25) is 0 Å². The Bertz CT molecular complexity index is 1390. The molecule has 0 fully saturated rings. The van der Waals surface area contributed by atoms with Crippen molar-refractivity contribution < 1.29 is 24.2 Å². The molecule has 0 aliphatic carbocycles. The number of halogens is 1. The van der Waals surface area contributed by atoms with Crippen LogP contribution in [-0.4, -0.2) is 35.3 Å². The largest absolute Gasteiger partial charge is 0.508 e. The fourth-order valence-electron chi connectivity index (χ4n) is 4.35. The number of methoxy groups -OCH3 is 1. The van der Waals surface area contributed by atoms with E-state index in [1.54, 1.807) is 37.4 Å². The van der Waals surface area contributed by atoms with Crippen LogP contribution in [-0.2, 0) is 16.0 Å². The monoisotopic (exact) mass is 435 g/mol. The van der Waals surface area contributed by atoms with E-state index in [-0.39, 0.29) is 16.9 Å². The van der Waals surface area contributed by atoms with Crippen LogP contribution in [0.3, 0.4) is 0 Å². The second kappa shape index (κ2) is 7.41. The Morgan fingerprint density at radius 3 is 2.55 bits per heavy atom. The maximum atomic E-state index is 12.8. The minimum atomic E-state index is -0.697. The highest BCUT2D eigenvalue weighted by atomic mass is 35.5. The molecule has 1 aliphatic rings. The molecule has 0 atom stereocenters. The molecule has 0 radical (unpaired) electrons. The van der Waals surface area contributed by atoms with E-state index < -0.39 is 11.9 Å². The number of rotatable bonds is 5. The van der Waals surface area contributed by atoms with E-state index in [9.17, 15) is 14.7 Å². The first-order valence-corrected chi connectivity index (χ1v) is 10.2. The number of phenols is 1. The third-order valence-corrected chi connectivity index (χ3v) is 5.96. The Kier molecular flexibility index (Phi) is 4.68. The number of hydrogen-bond donors (Lipinski definition) is 1. The summed E-state index contributed by atoms with van der Waals surface area (Å²) in [6, 6.07) is 14.1. The smallest absolute Gasteiger partial charge is 0.347 e. The van der Waals surface area contributed by atoms with Crippen molar-refractivity contribution in [1.29, 1.82) is 0 Å². The lowest BCUT2D eigenvalue weighted by Gasteiger charge is -2.11. The van der Waals surface area contributed by atoms with Crippen LogP contribution >= 0.6 is 11.6 Å². The van der Waals surface area contributed by atoms with Gasteiger partial charge in [0.1, 0.15) is 5.75 Å². The third-order valence-electron chi connectivity index (χ3n) is 5.63. The fourth-order valence-corrected chi connectivity index (χ4v) is 4.58. The van der Waals surface area contributed by atoms with Gasteiger partial charge in [0, 0.05) is 52.7 Å².